The predicted molar refractivity (Wildman–Crippen MR) is 90.7 cm³/mol. The second-order valence-corrected chi connectivity index (χ2v) is 4.99. The number of nitrogens with one attached hydrogen (secondary N) is 1. The van der Waals surface area contributed by atoms with Crippen molar-refractivity contribution in [2.24, 2.45) is 5.10 Å². The van der Waals surface area contributed by atoms with E-state index in [4.69, 9.17) is 9.47 Å². The maximum absolute atomic E-state index is 12.0. The lowest BCUT2D eigenvalue weighted by atomic mass is 10.2. The third-order valence-electron chi connectivity index (χ3n) is 3.35. The number of hydrazone groups is 1. The van der Waals surface area contributed by atoms with Crippen molar-refractivity contribution in [3.05, 3.63) is 69.8 Å². The molecule has 0 saturated carbocycles. The molecule has 1 N–H and O–H groups in total. The molecule has 8 nitrogen and oxygen atoms in total. The lowest BCUT2D eigenvalue weighted by Gasteiger charge is -2.01. The van der Waals surface area contributed by atoms with Gasteiger partial charge in [-0.25, -0.2) is 5.43 Å². The molecule has 0 saturated heterocycles. The Morgan fingerprint density at radius 2 is 1.92 bits per heavy atom. The van der Waals surface area contributed by atoms with Crippen molar-refractivity contribution in [3.8, 4) is 11.5 Å². The minimum Gasteiger partial charge on any atom is -0.454 e. The molecule has 0 unspecified atom stereocenters. The van der Waals surface area contributed by atoms with Crippen LogP contribution in [0, 0.1) is 10.1 Å². The van der Waals surface area contributed by atoms with E-state index in [1.165, 1.54) is 18.3 Å². The van der Waals surface area contributed by atoms with E-state index >= 15 is 0 Å². The molecular formula is C17H13N3O5. The maximum Gasteiger partial charge on any atom is 0.271 e. The minimum absolute atomic E-state index is 0.0295. The summed E-state index contributed by atoms with van der Waals surface area (Å²) in [6.45, 7) is 0.145. The molecule has 8 heteroatoms. The van der Waals surface area contributed by atoms with Crippen molar-refractivity contribution in [2.45, 2.75) is 0 Å². The average Bonchev–Trinajstić information content (AvgIpc) is 3.09. The van der Waals surface area contributed by atoms with E-state index in [1.54, 1.807) is 42.5 Å². The molecule has 1 amide bonds. The Balaban J connectivity index is 1.54. The summed E-state index contributed by atoms with van der Waals surface area (Å²) in [6, 6.07) is 10.9. The summed E-state index contributed by atoms with van der Waals surface area (Å²) in [5.74, 6) is 0.749. The number of hydrogen-bond acceptors (Lipinski definition) is 6. The third-order valence-corrected chi connectivity index (χ3v) is 3.35. The fourth-order valence-corrected chi connectivity index (χ4v) is 2.10. The van der Waals surface area contributed by atoms with Crippen LogP contribution in [-0.4, -0.2) is 23.8 Å². The minimum atomic E-state index is -0.458. The number of allylic oxidation sites excluding steroid dienone is 1. The normalized spacial score (nSPS) is 12.6. The third kappa shape index (κ3) is 3.99. The van der Waals surface area contributed by atoms with Gasteiger partial charge in [-0.15, -0.1) is 0 Å². The molecule has 0 fully saturated rings. The topological polar surface area (TPSA) is 103 Å². The molecular weight excluding hydrogens is 326 g/mol. The zero-order chi connectivity index (χ0) is 17.6. The van der Waals surface area contributed by atoms with Gasteiger partial charge in [0.25, 0.3) is 11.6 Å². The van der Waals surface area contributed by atoms with Gasteiger partial charge < -0.3 is 9.47 Å². The van der Waals surface area contributed by atoms with Gasteiger partial charge >= 0.3 is 0 Å². The Kier molecular flexibility index (Phi) is 4.70. The lowest BCUT2D eigenvalue weighted by molar-refractivity contribution is -0.384. The first-order chi connectivity index (χ1) is 12.1. The highest BCUT2D eigenvalue weighted by atomic mass is 16.7. The molecule has 1 aliphatic heterocycles. The van der Waals surface area contributed by atoms with Crippen LogP contribution >= 0.6 is 0 Å². The highest BCUT2D eigenvalue weighted by Crippen LogP contribution is 2.32. The second-order valence-electron chi connectivity index (χ2n) is 4.99. The van der Waals surface area contributed by atoms with Gasteiger partial charge in [-0.2, -0.15) is 5.10 Å². The van der Waals surface area contributed by atoms with Crippen LogP contribution in [0.2, 0.25) is 0 Å². The lowest BCUT2D eigenvalue weighted by Crippen LogP contribution is -2.17. The molecule has 0 aromatic heterocycles. The van der Waals surface area contributed by atoms with Crippen LogP contribution in [-0.2, 0) is 0 Å². The number of ether oxygens (including phenoxy) is 2. The highest BCUT2D eigenvalue weighted by Gasteiger charge is 2.15. The molecule has 1 aliphatic rings. The van der Waals surface area contributed by atoms with Crippen LogP contribution in [0.3, 0.4) is 0 Å². The van der Waals surface area contributed by atoms with Crippen molar-refractivity contribution >= 4 is 23.9 Å². The molecule has 0 bridgehead atoms. The molecule has 2 aromatic rings. The monoisotopic (exact) mass is 339 g/mol. The van der Waals surface area contributed by atoms with Crippen LogP contribution in [0.25, 0.3) is 6.08 Å². The van der Waals surface area contributed by atoms with Crippen LogP contribution in [0.4, 0.5) is 5.69 Å². The first-order valence-corrected chi connectivity index (χ1v) is 7.28. The number of nitro benzene ring substituents is 1. The van der Waals surface area contributed by atoms with E-state index in [0.717, 1.165) is 5.56 Å². The quantitative estimate of drug-likeness (QED) is 0.512. The number of amides is 1. The van der Waals surface area contributed by atoms with Gasteiger partial charge in [0.2, 0.25) is 6.79 Å². The van der Waals surface area contributed by atoms with E-state index < -0.39 is 4.92 Å². The van der Waals surface area contributed by atoms with Crippen LogP contribution < -0.4 is 14.9 Å². The van der Waals surface area contributed by atoms with Crippen molar-refractivity contribution < 1.29 is 19.2 Å². The number of non-ortho nitro benzene ring substituents is 1. The van der Waals surface area contributed by atoms with Gasteiger partial charge in [-0.3, -0.25) is 14.9 Å². The summed E-state index contributed by atoms with van der Waals surface area (Å²) in [5, 5.41) is 14.4. The number of rotatable bonds is 5. The molecule has 0 atom stereocenters. The largest absolute Gasteiger partial charge is 0.454 e. The van der Waals surface area contributed by atoms with E-state index in [0.29, 0.717) is 17.1 Å². The fraction of sp³-hybridized carbons (Fsp3) is 0.0588. The summed E-state index contributed by atoms with van der Waals surface area (Å²) < 4.78 is 10.4. The molecule has 126 valence electrons. The Morgan fingerprint density at radius 3 is 2.68 bits per heavy atom. The Bertz CT molecular complexity index is 859. The summed E-state index contributed by atoms with van der Waals surface area (Å²) in [4.78, 5) is 22.1. The number of benzene rings is 2. The van der Waals surface area contributed by atoms with Crippen LogP contribution in [0.15, 0.2) is 53.6 Å². The van der Waals surface area contributed by atoms with Crippen molar-refractivity contribution in [1.82, 2.24) is 5.43 Å². The number of nitrogens with zero attached hydrogens (tertiary/aromatic N) is 2. The number of nitro groups is 1. The van der Waals surface area contributed by atoms with E-state index in [-0.39, 0.29) is 18.4 Å². The first-order valence-electron chi connectivity index (χ1n) is 7.28. The van der Waals surface area contributed by atoms with Crippen molar-refractivity contribution in [1.29, 1.82) is 0 Å². The van der Waals surface area contributed by atoms with E-state index in [9.17, 15) is 14.9 Å². The zero-order valence-electron chi connectivity index (χ0n) is 12.9. The average molecular weight is 339 g/mol. The second kappa shape index (κ2) is 7.26. The van der Waals surface area contributed by atoms with Gasteiger partial charge in [0.15, 0.2) is 11.5 Å². The smallest absolute Gasteiger partial charge is 0.271 e. The van der Waals surface area contributed by atoms with Gasteiger partial charge in [0.05, 0.1) is 4.92 Å². The van der Waals surface area contributed by atoms with E-state index in [1.807, 2.05) is 0 Å². The predicted octanol–water partition coefficient (Wildman–Crippen LogP) is 2.75. The Labute approximate surface area is 142 Å². The maximum atomic E-state index is 12.0. The molecule has 3 rings (SSSR count). The standard InChI is InChI=1S/C17H13N3O5/c21-17(13-5-8-15-16(10-13)25-11-24-15)19-18-9-1-2-12-3-6-14(7-4-12)20(22)23/h1-10H,11H2,(H,19,21)/b2-1+,18-9-. The summed E-state index contributed by atoms with van der Waals surface area (Å²) >= 11 is 0. The van der Waals surface area contributed by atoms with Crippen LogP contribution in [0.1, 0.15) is 15.9 Å². The van der Waals surface area contributed by atoms with Gasteiger partial charge in [-0.05, 0) is 42.0 Å². The first kappa shape index (κ1) is 16.2. The van der Waals surface area contributed by atoms with Crippen molar-refractivity contribution in [2.75, 3.05) is 6.79 Å². The van der Waals surface area contributed by atoms with Crippen LogP contribution in [0.5, 0.6) is 11.5 Å². The molecule has 0 spiro atoms. The molecule has 0 aliphatic carbocycles. The SMILES string of the molecule is O=C(N/N=C\C=C\c1ccc([N+](=O)[O-])cc1)c1ccc2c(c1)OCO2. The summed E-state index contributed by atoms with van der Waals surface area (Å²) in [5.41, 5.74) is 3.60. The van der Waals surface area contributed by atoms with Crippen molar-refractivity contribution in [3.63, 3.8) is 0 Å². The van der Waals surface area contributed by atoms with Gasteiger partial charge in [-0.1, -0.05) is 6.08 Å². The Morgan fingerprint density at radius 1 is 1.16 bits per heavy atom. The number of fused-ring (bicyclic) bond motifs is 1. The van der Waals surface area contributed by atoms with Gasteiger partial charge in [0.1, 0.15) is 0 Å². The number of carbonyl (C=O) groups is 1. The molecule has 2 aromatic carbocycles. The highest BCUT2D eigenvalue weighted by molar-refractivity contribution is 5.95. The summed E-state index contributed by atoms with van der Waals surface area (Å²) in [6.07, 6.45) is 4.73. The Hall–Kier alpha value is -3.68. The zero-order valence-corrected chi connectivity index (χ0v) is 12.9. The van der Waals surface area contributed by atoms with Gasteiger partial charge in [0, 0.05) is 23.9 Å². The van der Waals surface area contributed by atoms with E-state index in [2.05, 4.69) is 10.5 Å². The summed E-state index contributed by atoms with van der Waals surface area (Å²) in [7, 11) is 0. The molecule has 0 radical (unpaired) electrons. The molecule has 1 heterocycles. The fourth-order valence-electron chi connectivity index (χ4n) is 2.10. The molecule has 25 heavy (non-hydrogen) atoms. The number of hydrogen-bond donors (Lipinski definition) is 1. The number of carbonyl (C=O) groups excluding carboxylic acids is 1.